The van der Waals surface area contributed by atoms with Crippen molar-refractivity contribution in [3.05, 3.63) is 36.2 Å². The number of alkyl halides is 1. The van der Waals surface area contributed by atoms with Crippen molar-refractivity contribution in [3.63, 3.8) is 0 Å². The zero-order valence-corrected chi connectivity index (χ0v) is 17.3. The summed E-state index contributed by atoms with van der Waals surface area (Å²) in [6.07, 6.45) is 4.98. The van der Waals surface area contributed by atoms with Gasteiger partial charge in [0, 0.05) is 36.0 Å². The quantitative estimate of drug-likeness (QED) is 0.636. The number of carbonyl (C=O) groups excluding carboxylic acids is 1. The maximum atomic E-state index is 14.5. The third-order valence-corrected chi connectivity index (χ3v) is 7.11. The van der Waals surface area contributed by atoms with Gasteiger partial charge in [0.25, 0.3) is 5.91 Å². The van der Waals surface area contributed by atoms with Gasteiger partial charge in [-0.3, -0.25) is 9.48 Å². The van der Waals surface area contributed by atoms with Crippen LogP contribution in [-0.4, -0.2) is 57.7 Å². The maximum absolute atomic E-state index is 14.5. The van der Waals surface area contributed by atoms with Crippen molar-refractivity contribution in [1.82, 2.24) is 19.8 Å². The molecule has 162 valence electrons. The van der Waals surface area contributed by atoms with E-state index in [0.29, 0.717) is 39.1 Å². The van der Waals surface area contributed by atoms with Crippen LogP contribution < -0.4 is 0 Å². The lowest BCUT2D eigenvalue weighted by molar-refractivity contribution is -0.151. The summed E-state index contributed by atoms with van der Waals surface area (Å²) in [4.78, 5) is 14.1. The Labute approximate surface area is 179 Å². The molecule has 0 N–H and O–H groups in total. The molecule has 0 unspecified atom stereocenters. The van der Waals surface area contributed by atoms with Crippen molar-refractivity contribution < 1.29 is 18.4 Å². The van der Waals surface area contributed by atoms with Gasteiger partial charge in [-0.2, -0.15) is 5.10 Å². The Kier molecular flexibility index (Phi) is 4.38. The molecule has 4 heterocycles. The Hall–Kier alpha value is -2.74. The van der Waals surface area contributed by atoms with Crippen LogP contribution in [0.1, 0.15) is 49.8 Å². The molecule has 6 rings (SSSR count). The van der Waals surface area contributed by atoms with Crippen LogP contribution >= 0.6 is 0 Å². The molecule has 3 aliphatic rings. The molecule has 3 fully saturated rings. The van der Waals surface area contributed by atoms with Crippen LogP contribution in [0.5, 0.6) is 0 Å². The van der Waals surface area contributed by atoms with Crippen LogP contribution in [0.2, 0.25) is 0 Å². The van der Waals surface area contributed by atoms with Gasteiger partial charge in [0.05, 0.1) is 36.7 Å². The minimum atomic E-state index is -1.61. The summed E-state index contributed by atoms with van der Waals surface area (Å²) in [5, 5.41) is 9.92. The van der Waals surface area contributed by atoms with Crippen LogP contribution in [0.15, 0.2) is 35.0 Å². The first kappa shape index (κ1) is 19.0. The summed E-state index contributed by atoms with van der Waals surface area (Å²) >= 11 is 0. The number of aromatic nitrogens is 3. The average molecular weight is 424 g/mol. The first-order valence-electron chi connectivity index (χ1n) is 11.1. The second-order valence-corrected chi connectivity index (χ2v) is 9.06. The van der Waals surface area contributed by atoms with Crippen molar-refractivity contribution >= 4 is 16.8 Å². The number of nitrogens with zero attached hydrogens (tertiary/aromatic N) is 4. The Bertz CT molecular complexity index is 1120. The molecule has 31 heavy (non-hydrogen) atoms. The van der Waals surface area contributed by atoms with Gasteiger partial charge in [-0.15, -0.1) is 0 Å². The summed E-state index contributed by atoms with van der Waals surface area (Å²) in [5.41, 5.74) is 1.32. The van der Waals surface area contributed by atoms with Gasteiger partial charge in [-0.05, 0) is 38.2 Å². The van der Waals surface area contributed by atoms with E-state index in [2.05, 4.69) is 16.3 Å². The normalized spacial score (nSPS) is 21.8. The summed E-state index contributed by atoms with van der Waals surface area (Å²) in [6, 6.07) is 8.45. The Morgan fingerprint density at radius 3 is 2.65 bits per heavy atom. The molecular weight excluding hydrogens is 399 g/mol. The number of rotatable bonds is 4. The van der Waals surface area contributed by atoms with E-state index in [0.717, 1.165) is 47.2 Å². The number of carbonyl (C=O) groups is 1. The largest absolute Gasteiger partial charge is 0.377 e. The smallest absolute Gasteiger partial charge is 0.260 e. The summed E-state index contributed by atoms with van der Waals surface area (Å²) < 4.78 is 27.5. The highest BCUT2D eigenvalue weighted by molar-refractivity contribution is 5.86. The first-order valence-corrected chi connectivity index (χ1v) is 11.1. The number of ether oxygens (including phenoxy) is 1. The summed E-state index contributed by atoms with van der Waals surface area (Å²) in [6.45, 7) is 2.54. The molecule has 2 aromatic heterocycles. The topological polar surface area (TPSA) is 73.4 Å². The minimum Gasteiger partial charge on any atom is -0.377 e. The number of likely N-dealkylation sites (tertiary alicyclic amines) is 1. The van der Waals surface area contributed by atoms with E-state index < -0.39 is 5.67 Å². The molecular formula is C23H25FN4O3. The predicted octanol–water partition coefficient (Wildman–Crippen LogP) is 3.86. The highest BCUT2D eigenvalue weighted by Crippen LogP contribution is 2.39. The molecule has 0 radical (unpaired) electrons. The number of amides is 1. The number of hydrogen-bond donors (Lipinski definition) is 0. The molecule has 2 saturated heterocycles. The second-order valence-electron chi connectivity index (χ2n) is 9.06. The van der Waals surface area contributed by atoms with Crippen molar-refractivity contribution in [2.75, 3.05) is 26.3 Å². The maximum Gasteiger partial charge on any atom is 0.260 e. The molecule has 1 saturated carbocycles. The minimum absolute atomic E-state index is 0.222. The van der Waals surface area contributed by atoms with E-state index in [-0.39, 0.29) is 17.9 Å². The molecule has 7 nitrogen and oxygen atoms in total. The van der Waals surface area contributed by atoms with Gasteiger partial charge in [0.1, 0.15) is 0 Å². The highest BCUT2D eigenvalue weighted by atomic mass is 19.1. The highest BCUT2D eigenvalue weighted by Gasteiger charge is 2.47. The van der Waals surface area contributed by atoms with Crippen LogP contribution in [0.4, 0.5) is 4.39 Å². The molecule has 3 aromatic rings. The lowest BCUT2D eigenvalue weighted by atomic mass is 9.80. The van der Waals surface area contributed by atoms with Gasteiger partial charge in [0.15, 0.2) is 11.4 Å². The second kappa shape index (κ2) is 7.15. The van der Waals surface area contributed by atoms with E-state index in [1.54, 1.807) is 4.90 Å². The molecule has 0 bridgehead atoms. The molecule has 1 aromatic carbocycles. The third-order valence-electron chi connectivity index (χ3n) is 7.11. The first-order chi connectivity index (χ1) is 15.1. The molecule has 8 heteroatoms. The van der Waals surface area contributed by atoms with Gasteiger partial charge in [-0.25, -0.2) is 4.39 Å². The Balaban J connectivity index is 1.17. The number of fused-ring (bicyclic) bond motifs is 1. The standard InChI is InChI=1S/C23H25FN4O3/c24-23(6-1-7-23)22(29)27-8-4-15(5-9-27)19-11-21(31-26-19)16-2-3-17-12-25-28(20(17)10-16)18-13-30-14-18/h2-3,10-12,15,18H,1,4-9,13-14H2. The van der Waals surface area contributed by atoms with E-state index in [4.69, 9.17) is 9.26 Å². The fourth-order valence-corrected chi connectivity index (χ4v) is 4.83. The van der Waals surface area contributed by atoms with E-state index in [1.165, 1.54) is 0 Å². The van der Waals surface area contributed by atoms with Crippen molar-refractivity contribution in [2.24, 2.45) is 0 Å². The monoisotopic (exact) mass is 424 g/mol. The van der Waals surface area contributed by atoms with Crippen molar-refractivity contribution in [2.45, 2.75) is 49.7 Å². The zero-order valence-electron chi connectivity index (χ0n) is 17.3. The van der Waals surface area contributed by atoms with Gasteiger partial charge in [-0.1, -0.05) is 17.3 Å². The van der Waals surface area contributed by atoms with E-state index in [1.807, 2.05) is 29.1 Å². The SMILES string of the molecule is O=C(N1CCC(c2cc(-c3ccc4cnn(C5COC5)c4c3)on2)CC1)C1(F)CCC1. The fraction of sp³-hybridized carbons (Fsp3) is 0.522. The predicted molar refractivity (Wildman–Crippen MR) is 111 cm³/mol. The molecule has 1 aliphatic carbocycles. The Morgan fingerprint density at radius 1 is 1.16 bits per heavy atom. The summed E-state index contributed by atoms with van der Waals surface area (Å²) in [7, 11) is 0. The zero-order chi connectivity index (χ0) is 21.0. The average Bonchev–Trinajstić information content (AvgIpc) is 3.38. The van der Waals surface area contributed by atoms with E-state index in [9.17, 15) is 9.18 Å². The van der Waals surface area contributed by atoms with Crippen LogP contribution in [0.25, 0.3) is 22.2 Å². The molecule has 1 amide bonds. The Morgan fingerprint density at radius 2 is 1.97 bits per heavy atom. The van der Waals surface area contributed by atoms with Gasteiger partial charge in [0.2, 0.25) is 0 Å². The lowest BCUT2D eigenvalue weighted by Crippen LogP contribution is -2.52. The number of piperidine rings is 1. The number of halogens is 1. The number of hydrogen-bond acceptors (Lipinski definition) is 5. The summed E-state index contributed by atoms with van der Waals surface area (Å²) in [5.74, 6) is 0.630. The third kappa shape index (κ3) is 3.15. The van der Waals surface area contributed by atoms with Gasteiger partial charge < -0.3 is 14.2 Å². The molecule has 0 atom stereocenters. The fourth-order valence-electron chi connectivity index (χ4n) is 4.83. The van der Waals surface area contributed by atoms with Crippen molar-refractivity contribution in [3.8, 4) is 11.3 Å². The molecule has 2 aliphatic heterocycles. The van der Waals surface area contributed by atoms with E-state index >= 15 is 0 Å². The van der Waals surface area contributed by atoms with Gasteiger partial charge >= 0.3 is 0 Å². The van der Waals surface area contributed by atoms with Crippen LogP contribution in [0.3, 0.4) is 0 Å². The molecule has 0 spiro atoms. The van der Waals surface area contributed by atoms with Crippen LogP contribution in [0, 0.1) is 0 Å². The number of benzene rings is 1. The van der Waals surface area contributed by atoms with Crippen LogP contribution in [-0.2, 0) is 9.53 Å². The van der Waals surface area contributed by atoms with Crippen molar-refractivity contribution in [1.29, 1.82) is 0 Å². The lowest BCUT2D eigenvalue weighted by Gasteiger charge is -2.39.